The summed E-state index contributed by atoms with van der Waals surface area (Å²) in [6.45, 7) is 5.98. The van der Waals surface area contributed by atoms with E-state index in [1.165, 1.54) is 16.9 Å². The third-order valence-electron chi connectivity index (χ3n) is 6.49. The van der Waals surface area contributed by atoms with Crippen LogP contribution in [0.15, 0.2) is 64.8 Å². The largest absolute Gasteiger partial charge is 0.352 e. The molecule has 0 atom stereocenters. The van der Waals surface area contributed by atoms with Crippen molar-refractivity contribution in [3.63, 3.8) is 0 Å². The molecule has 0 aliphatic carbocycles. The molecule has 1 aliphatic heterocycles. The molecule has 174 valence electrons. The van der Waals surface area contributed by atoms with E-state index in [9.17, 15) is 9.59 Å². The average Bonchev–Trinajstić information content (AvgIpc) is 3.34. The van der Waals surface area contributed by atoms with Crippen LogP contribution < -0.4 is 15.8 Å². The molecule has 6 nitrogen and oxygen atoms in total. The monoisotopic (exact) mass is 472 g/mol. The van der Waals surface area contributed by atoms with Crippen LogP contribution in [0.2, 0.25) is 0 Å². The summed E-state index contributed by atoms with van der Waals surface area (Å²) in [4.78, 5) is 33.2. The van der Waals surface area contributed by atoms with Crippen LogP contribution in [0, 0.1) is 19.8 Å². The topological polar surface area (TPSA) is 67.2 Å². The highest BCUT2D eigenvalue weighted by Gasteiger charge is 2.28. The van der Waals surface area contributed by atoms with Gasteiger partial charge in [0.25, 0.3) is 5.56 Å². The van der Waals surface area contributed by atoms with Crippen LogP contribution in [0.4, 0.5) is 5.95 Å². The lowest BCUT2D eigenvalue weighted by atomic mass is 9.96. The van der Waals surface area contributed by atoms with Gasteiger partial charge in [-0.15, -0.1) is 11.3 Å². The lowest BCUT2D eigenvalue weighted by Crippen LogP contribution is -2.42. The summed E-state index contributed by atoms with van der Waals surface area (Å²) >= 11 is 1.42. The Morgan fingerprint density at radius 3 is 2.32 bits per heavy atom. The third-order valence-corrected chi connectivity index (χ3v) is 7.38. The fourth-order valence-electron chi connectivity index (χ4n) is 4.42. The predicted octanol–water partition coefficient (Wildman–Crippen LogP) is 4.60. The van der Waals surface area contributed by atoms with Gasteiger partial charge in [0.15, 0.2) is 0 Å². The van der Waals surface area contributed by atoms with Gasteiger partial charge in [-0.25, -0.2) is 9.55 Å². The summed E-state index contributed by atoms with van der Waals surface area (Å²) in [5, 5.41) is 5.00. The van der Waals surface area contributed by atoms with Crippen molar-refractivity contribution in [2.24, 2.45) is 5.92 Å². The zero-order valence-electron chi connectivity index (χ0n) is 19.5. The zero-order valence-corrected chi connectivity index (χ0v) is 20.3. The number of piperidine rings is 1. The first-order valence-corrected chi connectivity index (χ1v) is 12.5. The van der Waals surface area contributed by atoms with Crippen molar-refractivity contribution in [3.8, 4) is 5.69 Å². The van der Waals surface area contributed by atoms with Gasteiger partial charge in [0.1, 0.15) is 4.70 Å². The van der Waals surface area contributed by atoms with Gasteiger partial charge in [0.05, 0.1) is 11.2 Å². The molecule has 5 rings (SSSR count). The highest BCUT2D eigenvalue weighted by Crippen LogP contribution is 2.26. The Hall–Kier alpha value is -3.45. The number of fused-ring (bicyclic) bond motifs is 1. The number of anilines is 1. The van der Waals surface area contributed by atoms with Crippen LogP contribution in [0.25, 0.3) is 15.9 Å². The first kappa shape index (κ1) is 22.3. The normalized spacial score (nSPS) is 14.5. The quantitative estimate of drug-likeness (QED) is 0.461. The SMILES string of the molecule is Cc1ccc(CNC(=O)C2CCN(c3nc4ccsc4c(=O)n3-c3ccc(C)cc3)CC2)cc1. The molecule has 7 heteroatoms. The van der Waals surface area contributed by atoms with Crippen molar-refractivity contribution in [2.75, 3.05) is 18.0 Å². The fourth-order valence-corrected chi connectivity index (χ4v) is 5.18. The van der Waals surface area contributed by atoms with Crippen molar-refractivity contribution in [2.45, 2.75) is 33.2 Å². The molecule has 0 bridgehead atoms. The second-order valence-electron chi connectivity index (χ2n) is 8.99. The predicted molar refractivity (Wildman–Crippen MR) is 138 cm³/mol. The summed E-state index contributed by atoms with van der Waals surface area (Å²) in [7, 11) is 0. The fraction of sp³-hybridized carbons (Fsp3) is 0.296. The van der Waals surface area contributed by atoms with E-state index in [-0.39, 0.29) is 17.4 Å². The standard InChI is InChI=1S/C27H28N4O2S/c1-18-3-7-20(8-4-18)17-28-25(32)21-11-14-30(15-12-21)27-29-23-13-16-34-24(23)26(33)31(27)22-9-5-19(2)6-10-22/h3-10,13,16,21H,11-12,14-15,17H2,1-2H3,(H,28,32). The molecule has 0 saturated carbocycles. The highest BCUT2D eigenvalue weighted by molar-refractivity contribution is 7.17. The Balaban J connectivity index is 1.34. The van der Waals surface area contributed by atoms with Gasteiger partial charge in [0.2, 0.25) is 11.9 Å². The number of nitrogens with one attached hydrogen (secondary N) is 1. The van der Waals surface area contributed by atoms with Crippen molar-refractivity contribution in [3.05, 3.63) is 87.0 Å². The number of thiophene rings is 1. The lowest BCUT2D eigenvalue weighted by Gasteiger charge is -2.33. The van der Waals surface area contributed by atoms with E-state index < -0.39 is 0 Å². The molecule has 1 N–H and O–H groups in total. The minimum Gasteiger partial charge on any atom is -0.352 e. The molecule has 1 saturated heterocycles. The Morgan fingerprint density at radius 1 is 1.00 bits per heavy atom. The van der Waals surface area contributed by atoms with Crippen molar-refractivity contribution >= 4 is 33.4 Å². The van der Waals surface area contributed by atoms with Crippen LogP contribution in [-0.4, -0.2) is 28.5 Å². The number of hydrogen-bond acceptors (Lipinski definition) is 5. The number of rotatable bonds is 5. The molecular weight excluding hydrogens is 444 g/mol. The van der Waals surface area contributed by atoms with E-state index in [0.717, 1.165) is 35.2 Å². The molecule has 4 aromatic rings. The van der Waals surface area contributed by atoms with Gasteiger partial charge in [-0.3, -0.25) is 9.59 Å². The molecule has 1 aliphatic rings. The van der Waals surface area contributed by atoms with E-state index in [2.05, 4.69) is 41.4 Å². The minimum atomic E-state index is -0.0446. The van der Waals surface area contributed by atoms with Crippen molar-refractivity contribution in [1.82, 2.24) is 14.9 Å². The Kier molecular flexibility index (Phi) is 6.20. The van der Waals surface area contributed by atoms with Crippen LogP contribution >= 0.6 is 11.3 Å². The summed E-state index contributed by atoms with van der Waals surface area (Å²) < 4.78 is 2.38. The molecular formula is C27H28N4O2S. The van der Waals surface area contributed by atoms with Crippen LogP contribution in [-0.2, 0) is 11.3 Å². The number of carbonyl (C=O) groups is 1. The molecule has 2 aromatic heterocycles. The van der Waals surface area contributed by atoms with Gasteiger partial charge in [-0.05, 0) is 55.8 Å². The molecule has 1 fully saturated rings. The first-order valence-electron chi connectivity index (χ1n) is 11.6. The maximum Gasteiger partial charge on any atom is 0.277 e. The molecule has 3 heterocycles. The minimum absolute atomic E-state index is 0.0360. The summed E-state index contributed by atoms with van der Waals surface area (Å²) in [5.41, 5.74) is 4.95. The maximum absolute atomic E-state index is 13.4. The third kappa shape index (κ3) is 4.48. The second kappa shape index (κ2) is 9.43. The van der Waals surface area contributed by atoms with Crippen LogP contribution in [0.1, 0.15) is 29.5 Å². The van der Waals surface area contributed by atoms with Crippen molar-refractivity contribution < 1.29 is 4.79 Å². The van der Waals surface area contributed by atoms with E-state index >= 15 is 0 Å². The lowest BCUT2D eigenvalue weighted by molar-refractivity contribution is -0.125. The number of amides is 1. The molecule has 0 spiro atoms. The number of nitrogens with zero attached hydrogens (tertiary/aromatic N) is 3. The van der Waals surface area contributed by atoms with Gasteiger partial charge in [-0.1, -0.05) is 47.5 Å². The van der Waals surface area contributed by atoms with Crippen LogP contribution in [0.5, 0.6) is 0 Å². The molecule has 1 amide bonds. The maximum atomic E-state index is 13.4. The van der Waals surface area contributed by atoms with Gasteiger partial charge in [0, 0.05) is 25.6 Å². The number of carbonyl (C=O) groups excluding carboxylic acids is 1. The van der Waals surface area contributed by atoms with Gasteiger partial charge < -0.3 is 10.2 Å². The highest BCUT2D eigenvalue weighted by atomic mass is 32.1. The number of benzene rings is 2. The Labute approximate surface area is 202 Å². The summed E-state index contributed by atoms with van der Waals surface area (Å²) in [6, 6.07) is 18.1. The van der Waals surface area contributed by atoms with Crippen molar-refractivity contribution in [1.29, 1.82) is 0 Å². The summed E-state index contributed by atoms with van der Waals surface area (Å²) in [5.74, 6) is 0.710. The van der Waals surface area contributed by atoms with E-state index in [1.54, 1.807) is 4.57 Å². The van der Waals surface area contributed by atoms with E-state index in [1.807, 2.05) is 42.6 Å². The smallest absolute Gasteiger partial charge is 0.277 e. The molecule has 0 radical (unpaired) electrons. The number of hydrogen-bond donors (Lipinski definition) is 1. The average molecular weight is 473 g/mol. The first-order chi connectivity index (χ1) is 16.5. The number of aryl methyl sites for hydroxylation is 2. The molecule has 34 heavy (non-hydrogen) atoms. The van der Waals surface area contributed by atoms with Crippen LogP contribution in [0.3, 0.4) is 0 Å². The van der Waals surface area contributed by atoms with Gasteiger partial charge in [-0.2, -0.15) is 0 Å². The Bertz CT molecular complexity index is 1360. The molecule has 0 unspecified atom stereocenters. The Morgan fingerprint density at radius 2 is 1.65 bits per heavy atom. The van der Waals surface area contributed by atoms with Gasteiger partial charge >= 0.3 is 0 Å². The second-order valence-corrected chi connectivity index (χ2v) is 9.90. The van der Waals surface area contributed by atoms with E-state index in [4.69, 9.17) is 4.98 Å². The summed E-state index contributed by atoms with van der Waals surface area (Å²) in [6.07, 6.45) is 1.45. The number of aromatic nitrogens is 2. The zero-order chi connectivity index (χ0) is 23.7. The van der Waals surface area contributed by atoms with E-state index in [0.29, 0.717) is 30.3 Å². The molecule has 2 aromatic carbocycles.